The van der Waals surface area contributed by atoms with Gasteiger partial charge >= 0.3 is 5.97 Å². The number of aryl methyl sites for hydroxylation is 1. The van der Waals surface area contributed by atoms with Crippen molar-refractivity contribution in [3.05, 3.63) is 58.3 Å². The van der Waals surface area contributed by atoms with Crippen LogP contribution < -0.4 is 10.9 Å². The predicted octanol–water partition coefficient (Wildman–Crippen LogP) is 3.13. The largest absolute Gasteiger partial charge is 0.478 e. The second-order valence-electron chi connectivity index (χ2n) is 5.35. The third-order valence-electron chi connectivity index (χ3n) is 3.72. The Hall–Kier alpha value is -3.19. The first-order valence-corrected chi connectivity index (χ1v) is 7.67. The molecule has 0 aliphatic rings. The number of fused-ring (bicyclic) bond motifs is 2. The Balaban J connectivity index is 2.26. The average Bonchev–Trinajstić information content (AvgIpc) is 2.61. The number of nitrogens with zero attached hydrogens (tertiary/aromatic N) is 1. The van der Waals surface area contributed by atoms with Crippen molar-refractivity contribution >= 4 is 33.9 Å². The van der Waals surface area contributed by atoms with Crippen molar-refractivity contribution in [1.29, 1.82) is 0 Å². The Morgan fingerprint density at radius 1 is 1.40 bits per heavy atom. The van der Waals surface area contributed by atoms with Crippen LogP contribution in [0.4, 0.5) is 5.82 Å². The lowest BCUT2D eigenvalue weighted by Crippen LogP contribution is -2.12. The maximum Gasteiger partial charge on any atom is 0.339 e. The lowest BCUT2D eigenvalue weighted by atomic mass is 10.1. The summed E-state index contributed by atoms with van der Waals surface area (Å²) in [5.41, 5.74) is 3.48. The van der Waals surface area contributed by atoms with Gasteiger partial charge in [0.15, 0.2) is 16.9 Å². The number of pyridine rings is 1. The lowest BCUT2D eigenvalue weighted by Gasteiger charge is -2.09. The van der Waals surface area contributed by atoms with Crippen molar-refractivity contribution in [2.24, 2.45) is 0 Å². The zero-order chi connectivity index (χ0) is 18.0. The fraction of sp³-hybridized carbons (Fsp3) is 0.167. The van der Waals surface area contributed by atoms with E-state index in [0.29, 0.717) is 11.0 Å². The fourth-order valence-electron chi connectivity index (χ4n) is 2.45. The minimum absolute atomic E-state index is 0.0375. The van der Waals surface area contributed by atoms with Gasteiger partial charge in [-0.25, -0.2) is 15.3 Å². The number of hydrogen-bond acceptors (Lipinski definition) is 6. The highest BCUT2D eigenvalue weighted by Gasteiger charge is 2.18. The number of aromatic carboxylic acids is 1. The van der Waals surface area contributed by atoms with Gasteiger partial charge in [0.05, 0.1) is 12.0 Å². The summed E-state index contributed by atoms with van der Waals surface area (Å²) in [5, 5.41) is 9.76. The molecular weight excluding hydrogens is 324 g/mol. The highest BCUT2D eigenvalue weighted by molar-refractivity contribution is 5.98. The molecule has 2 aromatic heterocycles. The molecule has 0 unspecified atom stereocenters. The van der Waals surface area contributed by atoms with Crippen molar-refractivity contribution in [2.45, 2.75) is 13.3 Å². The van der Waals surface area contributed by atoms with E-state index in [2.05, 4.69) is 17.0 Å². The number of carboxylic acid groups (broad SMARTS) is 1. The molecule has 1 aromatic carbocycles. The molecule has 0 aliphatic carbocycles. The molecule has 128 valence electrons. The number of anilines is 1. The minimum atomic E-state index is -1.22. The van der Waals surface area contributed by atoms with Crippen molar-refractivity contribution in [3.63, 3.8) is 0 Å². The zero-order valence-corrected chi connectivity index (χ0v) is 13.5. The summed E-state index contributed by atoms with van der Waals surface area (Å²) in [4.78, 5) is 33.4. The number of aromatic nitrogens is 1. The van der Waals surface area contributed by atoms with Gasteiger partial charge in [-0.05, 0) is 24.1 Å². The van der Waals surface area contributed by atoms with Gasteiger partial charge < -0.3 is 9.52 Å². The van der Waals surface area contributed by atoms with E-state index < -0.39 is 5.97 Å². The Kier molecular flexibility index (Phi) is 4.49. The van der Waals surface area contributed by atoms with Crippen LogP contribution in [-0.2, 0) is 11.3 Å². The molecule has 2 N–H and O–H groups in total. The van der Waals surface area contributed by atoms with Gasteiger partial charge in [0.25, 0.3) is 0 Å². The summed E-state index contributed by atoms with van der Waals surface area (Å²) >= 11 is 0. The molecule has 0 saturated heterocycles. The van der Waals surface area contributed by atoms with Crippen LogP contribution >= 0.6 is 0 Å². The number of benzene rings is 1. The number of nitrogens with one attached hydrogen (secondary N) is 1. The van der Waals surface area contributed by atoms with Crippen LogP contribution in [0.2, 0.25) is 0 Å². The van der Waals surface area contributed by atoms with E-state index in [0.717, 1.165) is 12.0 Å². The summed E-state index contributed by atoms with van der Waals surface area (Å²) in [7, 11) is 0. The maximum atomic E-state index is 12.8. The molecule has 0 saturated carbocycles. The average molecular weight is 340 g/mol. The van der Waals surface area contributed by atoms with E-state index in [1.807, 2.05) is 13.0 Å². The Bertz CT molecular complexity index is 1040. The van der Waals surface area contributed by atoms with E-state index in [4.69, 9.17) is 9.25 Å². The van der Waals surface area contributed by atoms with Gasteiger partial charge in [0.1, 0.15) is 11.1 Å². The van der Waals surface area contributed by atoms with Crippen LogP contribution in [0.1, 0.15) is 22.8 Å². The first kappa shape index (κ1) is 16.7. The van der Waals surface area contributed by atoms with E-state index in [9.17, 15) is 14.7 Å². The molecule has 0 radical (unpaired) electrons. The molecule has 7 nitrogen and oxygen atoms in total. The third kappa shape index (κ3) is 3.09. The second-order valence-corrected chi connectivity index (χ2v) is 5.35. The highest BCUT2D eigenvalue weighted by Crippen LogP contribution is 2.23. The molecule has 2 heterocycles. The molecule has 3 rings (SSSR count). The molecule has 0 bridgehead atoms. The molecule has 25 heavy (non-hydrogen) atoms. The predicted molar refractivity (Wildman–Crippen MR) is 93.9 cm³/mol. The van der Waals surface area contributed by atoms with E-state index in [1.54, 1.807) is 12.1 Å². The molecule has 0 aliphatic heterocycles. The fourth-order valence-corrected chi connectivity index (χ4v) is 2.45. The smallest absolute Gasteiger partial charge is 0.339 e. The molecule has 3 aromatic rings. The summed E-state index contributed by atoms with van der Waals surface area (Å²) in [6.45, 7) is 5.63. The van der Waals surface area contributed by atoms with Crippen molar-refractivity contribution in [3.8, 4) is 0 Å². The maximum absolute atomic E-state index is 12.8. The van der Waals surface area contributed by atoms with Crippen LogP contribution in [-0.4, -0.2) is 22.7 Å². The summed E-state index contributed by atoms with van der Waals surface area (Å²) in [6.07, 6.45) is 2.27. The standard InChI is InChI=1S/C18H16N2O5/c1-3-7-24-20-17-12(18(22)23)9-14-15(19-17)16(21)11-8-10(4-2)5-6-13(11)25-14/h3,5-6,8-9H,1,4,7H2,2H3,(H,19,20)(H,22,23). The van der Waals surface area contributed by atoms with Crippen molar-refractivity contribution in [1.82, 2.24) is 4.98 Å². The molecule has 0 amide bonds. The number of carbonyl (C=O) groups is 1. The second kappa shape index (κ2) is 6.74. The normalized spacial score (nSPS) is 10.9. The lowest BCUT2D eigenvalue weighted by molar-refractivity contribution is 0.0696. The molecule has 0 spiro atoms. The van der Waals surface area contributed by atoms with Crippen LogP contribution in [0.5, 0.6) is 0 Å². The zero-order valence-electron chi connectivity index (χ0n) is 13.5. The quantitative estimate of drug-likeness (QED) is 0.308. The van der Waals surface area contributed by atoms with Gasteiger partial charge in [-0.1, -0.05) is 19.1 Å². The van der Waals surface area contributed by atoms with Crippen LogP contribution in [0.15, 0.2) is 46.1 Å². The highest BCUT2D eigenvalue weighted by atomic mass is 16.6. The van der Waals surface area contributed by atoms with Crippen LogP contribution in [0, 0.1) is 0 Å². The van der Waals surface area contributed by atoms with Crippen molar-refractivity contribution in [2.75, 3.05) is 12.1 Å². The number of rotatable bonds is 6. The van der Waals surface area contributed by atoms with E-state index >= 15 is 0 Å². The first-order chi connectivity index (χ1) is 12.0. The Morgan fingerprint density at radius 3 is 2.88 bits per heavy atom. The summed E-state index contributed by atoms with van der Waals surface area (Å²) < 4.78 is 5.69. The molecule has 7 heteroatoms. The Morgan fingerprint density at radius 2 is 2.20 bits per heavy atom. The SMILES string of the molecule is C=CCONc1nc2c(=O)c3cc(CC)ccc3oc2cc1C(=O)O. The van der Waals surface area contributed by atoms with Gasteiger partial charge in [0.2, 0.25) is 5.43 Å². The first-order valence-electron chi connectivity index (χ1n) is 7.67. The van der Waals surface area contributed by atoms with Crippen LogP contribution in [0.25, 0.3) is 22.1 Å². The number of hydrogen-bond donors (Lipinski definition) is 2. The van der Waals surface area contributed by atoms with Gasteiger partial charge in [-0.2, -0.15) is 0 Å². The van der Waals surface area contributed by atoms with Gasteiger partial charge in [0, 0.05) is 6.07 Å². The molecular formula is C18H16N2O5. The minimum Gasteiger partial charge on any atom is -0.478 e. The van der Waals surface area contributed by atoms with Crippen molar-refractivity contribution < 1.29 is 19.2 Å². The molecule has 0 fully saturated rings. The van der Waals surface area contributed by atoms with Crippen LogP contribution in [0.3, 0.4) is 0 Å². The van der Waals surface area contributed by atoms with Gasteiger partial charge in [-0.15, -0.1) is 6.58 Å². The van der Waals surface area contributed by atoms with E-state index in [-0.39, 0.29) is 34.5 Å². The number of carboxylic acids is 1. The summed E-state index contributed by atoms with van der Waals surface area (Å²) in [5.74, 6) is -1.29. The third-order valence-corrected chi connectivity index (χ3v) is 3.72. The molecule has 0 atom stereocenters. The Labute approximate surface area is 142 Å². The monoisotopic (exact) mass is 340 g/mol. The van der Waals surface area contributed by atoms with Gasteiger partial charge in [-0.3, -0.25) is 9.63 Å². The van der Waals surface area contributed by atoms with E-state index in [1.165, 1.54) is 12.1 Å². The topological polar surface area (TPSA) is 102 Å². The summed E-state index contributed by atoms with van der Waals surface area (Å²) in [6, 6.07) is 6.59.